The minimum atomic E-state index is -4.38. The van der Waals surface area contributed by atoms with E-state index in [2.05, 4.69) is 15.1 Å². The van der Waals surface area contributed by atoms with Crippen molar-refractivity contribution in [2.75, 3.05) is 7.05 Å². The second-order valence-electron chi connectivity index (χ2n) is 8.09. The van der Waals surface area contributed by atoms with Gasteiger partial charge in [-0.25, -0.2) is 22.0 Å². The van der Waals surface area contributed by atoms with E-state index in [0.29, 0.717) is 4.68 Å². The standard InChI is InChI=1S/C21H17Cl2F2N5O7S/c1-26-19(33)21(4-5-21)29-38(35,36)14-8-10(2-3-13(14)31)37-16-11(22)6-9(7-12(16)23)30-20(34)27-18(32)15(28-30)17(24)25/h2-3,6-8,17,29,31H,4-5H2,1H3,(H,26,33)(H,27,32,34). The first-order chi connectivity index (χ1) is 17.8. The smallest absolute Gasteiger partial charge is 0.349 e. The van der Waals surface area contributed by atoms with Crippen LogP contribution in [0.3, 0.4) is 0 Å². The molecule has 1 heterocycles. The van der Waals surface area contributed by atoms with Crippen molar-refractivity contribution in [3.05, 3.63) is 66.9 Å². The highest BCUT2D eigenvalue weighted by Crippen LogP contribution is 2.41. The number of aromatic nitrogens is 3. The molecule has 0 spiro atoms. The summed E-state index contributed by atoms with van der Waals surface area (Å²) in [6.45, 7) is 0. The molecule has 0 radical (unpaired) electrons. The molecule has 0 aliphatic heterocycles. The van der Waals surface area contributed by atoms with E-state index in [0.717, 1.165) is 24.3 Å². The summed E-state index contributed by atoms with van der Waals surface area (Å²) in [5.74, 6) is -1.50. The molecule has 4 rings (SSSR count). The number of nitrogens with zero attached hydrogens (tertiary/aromatic N) is 2. The number of benzene rings is 2. The lowest BCUT2D eigenvalue weighted by atomic mass is 10.3. The van der Waals surface area contributed by atoms with Crippen molar-refractivity contribution in [1.29, 1.82) is 0 Å². The molecule has 2 aromatic carbocycles. The van der Waals surface area contributed by atoms with Gasteiger partial charge in [-0.05, 0) is 37.1 Å². The molecule has 1 fully saturated rings. The number of amides is 1. The lowest BCUT2D eigenvalue weighted by molar-refractivity contribution is -0.123. The molecule has 1 saturated carbocycles. The minimum Gasteiger partial charge on any atom is -0.507 e. The van der Waals surface area contributed by atoms with Crippen LogP contribution in [0.25, 0.3) is 5.69 Å². The second kappa shape index (κ2) is 9.98. The second-order valence-corrected chi connectivity index (χ2v) is 10.6. The van der Waals surface area contributed by atoms with E-state index in [9.17, 15) is 36.7 Å². The molecule has 4 N–H and O–H groups in total. The average Bonchev–Trinajstić information content (AvgIpc) is 3.61. The van der Waals surface area contributed by atoms with E-state index in [1.165, 1.54) is 13.1 Å². The predicted molar refractivity (Wildman–Crippen MR) is 130 cm³/mol. The molecule has 0 bridgehead atoms. The van der Waals surface area contributed by atoms with E-state index < -0.39 is 55.5 Å². The molecule has 38 heavy (non-hydrogen) atoms. The van der Waals surface area contributed by atoms with E-state index in [1.54, 1.807) is 4.98 Å². The number of phenolic OH excluding ortho intramolecular Hbond substituents is 1. The van der Waals surface area contributed by atoms with Crippen LogP contribution in [0.2, 0.25) is 10.0 Å². The van der Waals surface area contributed by atoms with Gasteiger partial charge in [-0.3, -0.25) is 14.6 Å². The van der Waals surface area contributed by atoms with Crippen LogP contribution in [0, 0.1) is 0 Å². The normalized spacial score (nSPS) is 14.4. The van der Waals surface area contributed by atoms with Crippen LogP contribution in [-0.2, 0) is 14.8 Å². The Kier molecular flexibility index (Phi) is 7.22. The number of H-pyrrole nitrogens is 1. The zero-order valence-corrected chi connectivity index (χ0v) is 21.4. The maximum atomic E-state index is 13.1. The molecule has 0 saturated heterocycles. The molecule has 1 aromatic heterocycles. The van der Waals surface area contributed by atoms with Gasteiger partial charge in [0.25, 0.3) is 12.0 Å². The van der Waals surface area contributed by atoms with Gasteiger partial charge >= 0.3 is 5.69 Å². The van der Waals surface area contributed by atoms with Crippen LogP contribution in [-0.4, -0.2) is 46.8 Å². The number of ether oxygens (including phenoxy) is 1. The molecule has 202 valence electrons. The fraction of sp³-hybridized carbons (Fsp3) is 0.238. The average molecular weight is 592 g/mol. The molecule has 1 aliphatic rings. The van der Waals surface area contributed by atoms with Crippen LogP contribution in [0.4, 0.5) is 8.78 Å². The number of nitrogens with one attached hydrogen (secondary N) is 3. The van der Waals surface area contributed by atoms with Crippen LogP contribution < -0.4 is 26.0 Å². The summed E-state index contributed by atoms with van der Waals surface area (Å²) in [6.07, 6.45) is -2.72. The summed E-state index contributed by atoms with van der Waals surface area (Å²) >= 11 is 12.5. The third-order valence-electron chi connectivity index (χ3n) is 5.47. The third kappa shape index (κ3) is 5.22. The Morgan fingerprint density at radius 2 is 1.84 bits per heavy atom. The Morgan fingerprint density at radius 1 is 1.21 bits per heavy atom. The maximum Gasteiger partial charge on any atom is 0.349 e. The molecular formula is C21H17Cl2F2N5O7S. The first kappa shape index (κ1) is 27.5. The van der Waals surface area contributed by atoms with Crippen LogP contribution in [0.5, 0.6) is 17.2 Å². The molecule has 0 unspecified atom stereocenters. The molecule has 1 amide bonds. The van der Waals surface area contributed by atoms with Crippen molar-refractivity contribution in [1.82, 2.24) is 24.8 Å². The zero-order valence-electron chi connectivity index (χ0n) is 19.1. The molecule has 3 aromatic rings. The largest absolute Gasteiger partial charge is 0.507 e. The zero-order chi connectivity index (χ0) is 28.0. The molecule has 1 aliphatic carbocycles. The summed E-state index contributed by atoms with van der Waals surface area (Å²) in [5.41, 5.74) is -5.19. The number of alkyl halides is 2. The van der Waals surface area contributed by atoms with Crippen LogP contribution in [0.15, 0.2) is 44.8 Å². The van der Waals surface area contributed by atoms with Crippen LogP contribution >= 0.6 is 23.2 Å². The van der Waals surface area contributed by atoms with E-state index in [4.69, 9.17) is 27.9 Å². The van der Waals surface area contributed by atoms with Gasteiger partial charge in [0.05, 0.1) is 15.7 Å². The summed E-state index contributed by atoms with van der Waals surface area (Å²) in [4.78, 5) is 36.8. The number of likely N-dealkylation sites (N-methyl/N-ethyl adjacent to an activating group) is 1. The Balaban J connectivity index is 1.67. The van der Waals surface area contributed by atoms with E-state index in [-0.39, 0.29) is 40.1 Å². The summed E-state index contributed by atoms with van der Waals surface area (Å²) in [6, 6.07) is 5.40. The third-order valence-corrected chi connectivity index (χ3v) is 7.60. The van der Waals surface area contributed by atoms with Crippen molar-refractivity contribution in [2.45, 2.75) is 29.7 Å². The van der Waals surface area contributed by atoms with Crippen molar-refractivity contribution < 1.29 is 31.8 Å². The topological polar surface area (TPSA) is 172 Å². The lowest BCUT2D eigenvalue weighted by Crippen LogP contribution is -2.47. The first-order valence-corrected chi connectivity index (χ1v) is 12.8. The first-order valence-electron chi connectivity index (χ1n) is 10.6. The van der Waals surface area contributed by atoms with Gasteiger partial charge in [-0.2, -0.15) is 14.5 Å². The molecule has 0 atom stereocenters. The van der Waals surface area contributed by atoms with Crippen molar-refractivity contribution >= 4 is 39.1 Å². The van der Waals surface area contributed by atoms with Gasteiger partial charge in [0.2, 0.25) is 15.9 Å². The maximum absolute atomic E-state index is 13.1. The Hall–Kier alpha value is -3.53. The number of aromatic amines is 1. The monoisotopic (exact) mass is 591 g/mol. The van der Waals surface area contributed by atoms with Crippen molar-refractivity contribution in [2.24, 2.45) is 0 Å². The van der Waals surface area contributed by atoms with Crippen molar-refractivity contribution in [3.63, 3.8) is 0 Å². The Labute approximate surface area is 222 Å². The molecular weight excluding hydrogens is 575 g/mol. The van der Waals surface area contributed by atoms with Gasteiger partial charge in [-0.15, -0.1) is 0 Å². The number of aromatic hydroxyl groups is 1. The fourth-order valence-corrected chi connectivity index (χ4v) is 5.53. The van der Waals surface area contributed by atoms with E-state index >= 15 is 0 Å². The SMILES string of the molecule is CNC(=O)C1(NS(=O)(=O)c2cc(Oc3c(Cl)cc(-n4nc(C(F)F)c(=O)[nH]c4=O)cc3Cl)ccc2O)CC1. The fourth-order valence-electron chi connectivity index (χ4n) is 3.44. The van der Waals surface area contributed by atoms with E-state index in [1.807, 2.05) is 0 Å². The van der Waals surface area contributed by atoms with Gasteiger partial charge in [0.1, 0.15) is 21.9 Å². The summed E-state index contributed by atoms with van der Waals surface area (Å²) in [5, 5.41) is 15.4. The number of rotatable bonds is 8. The number of phenols is 1. The number of carbonyl (C=O) groups is 1. The number of sulfonamides is 1. The predicted octanol–water partition coefficient (Wildman–Crippen LogP) is 2.22. The van der Waals surface area contributed by atoms with Gasteiger partial charge in [-0.1, -0.05) is 23.2 Å². The lowest BCUT2D eigenvalue weighted by Gasteiger charge is -2.17. The summed E-state index contributed by atoms with van der Waals surface area (Å²) < 4.78 is 60.3. The highest BCUT2D eigenvalue weighted by Gasteiger charge is 2.52. The van der Waals surface area contributed by atoms with Gasteiger partial charge in [0.15, 0.2) is 11.4 Å². The number of hydrogen-bond acceptors (Lipinski definition) is 8. The van der Waals surface area contributed by atoms with Crippen molar-refractivity contribution in [3.8, 4) is 22.9 Å². The quantitative estimate of drug-likeness (QED) is 0.308. The molecule has 12 nitrogen and oxygen atoms in total. The van der Waals surface area contributed by atoms with Crippen LogP contribution in [0.1, 0.15) is 25.0 Å². The number of hydrogen-bond donors (Lipinski definition) is 4. The summed E-state index contributed by atoms with van der Waals surface area (Å²) in [7, 11) is -3.02. The number of halogens is 4. The van der Waals surface area contributed by atoms with Gasteiger partial charge < -0.3 is 15.2 Å². The molecule has 17 heteroatoms. The highest BCUT2D eigenvalue weighted by atomic mass is 35.5. The van der Waals surface area contributed by atoms with Gasteiger partial charge in [0, 0.05) is 13.1 Å². The minimum absolute atomic E-state index is 0.135. The number of carbonyl (C=O) groups excluding carboxylic acids is 1. The Bertz CT molecular complexity index is 1650. The Morgan fingerprint density at radius 3 is 2.39 bits per heavy atom. The highest BCUT2D eigenvalue weighted by molar-refractivity contribution is 7.89.